The van der Waals surface area contributed by atoms with Gasteiger partial charge in [-0.05, 0) is 53.1 Å². The number of hydrogen-bond acceptors (Lipinski definition) is 3. The number of hydrogen-bond donors (Lipinski definition) is 1. The predicted molar refractivity (Wildman–Crippen MR) is 109 cm³/mol. The Bertz CT molecular complexity index is 952. The minimum Gasteiger partial charge on any atom is -0.497 e. The van der Waals surface area contributed by atoms with Gasteiger partial charge in [0.15, 0.2) is 0 Å². The lowest BCUT2D eigenvalue weighted by molar-refractivity contribution is -0.122. The van der Waals surface area contributed by atoms with Crippen LogP contribution in [0.15, 0.2) is 70.2 Å². The van der Waals surface area contributed by atoms with Gasteiger partial charge in [-0.25, -0.2) is 5.43 Å². The first kappa shape index (κ1) is 18.1. The third kappa shape index (κ3) is 4.29. The summed E-state index contributed by atoms with van der Waals surface area (Å²) in [5.41, 5.74) is 4.47. The molecule has 3 rings (SSSR count). The maximum absolute atomic E-state index is 12.4. The normalized spacial score (nSPS) is 12.3. The second-order valence-electron chi connectivity index (χ2n) is 5.98. The summed E-state index contributed by atoms with van der Waals surface area (Å²) in [6, 6.07) is 19.6. The van der Waals surface area contributed by atoms with Gasteiger partial charge in [-0.2, -0.15) is 5.10 Å². The largest absolute Gasteiger partial charge is 0.497 e. The van der Waals surface area contributed by atoms with Gasteiger partial charge in [-0.3, -0.25) is 4.79 Å². The monoisotopic (exact) mass is 410 g/mol. The zero-order valence-corrected chi connectivity index (χ0v) is 16.2. The third-order valence-corrected chi connectivity index (χ3v) is 4.75. The van der Waals surface area contributed by atoms with Crippen LogP contribution in [0, 0.1) is 0 Å². The standard InChI is InChI=1S/C21H19BrN2O2/c1-14(21(25)24-23-13-15-3-8-19(22)9-4-15)16-5-6-18-12-20(26-2)10-7-17(18)11-16/h3-14H,1-2H3,(H,24,25)/b23-13+/t14-/m0/s1. The van der Waals surface area contributed by atoms with Crippen LogP contribution in [0.4, 0.5) is 0 Å². The van der Waals surface area contributed by atoms with Crippen molar-refractivity contribution in [1.82, 2.24) is 5.43 Å². The van der Waals surface area contributed by atoms with Crippen LogP contribution < -0.4 is 10.2 Å². The second kappa shape index (κ2) is 8.15. The molecule has 0 fully saturated rings. The minimum absolute atomic E-state index is 0.147. The zero-order valence-electron chi connectivity index (χ0n) is 14.6. The van der Waals surface area contributed by atoms with Crippen LogP contribution in [0.25, 0.3) is 10.8 Å². The maximum atomic E-state index is 12.4. The van der Waals surface area contributed by atoms with Crippen LogP contribution in [0.3, 0.4) is 0 Å². The van der Waals surface area contributed by atoms with Crippen molar-refractivity contribution in [2.75, 3.05) is 7.11 Å². The number of benzene rings is 3. The van der Waals surface area contributed by atoms with E-state index in [1.807, 2.05) is 67.6 Å². The van der Waals surface area contributed by atoms with Crippen LogP contribution in [-0.2, 0) is 4.79 Å². The molecule has 0 aliphatic carbocycles. The summed E-state index contributed by atoms with van der Waals surface area (Å²) in [5, 5.41) is 6.19. The predicted octanol–water partition coefficient (Wildman–Crippen LogP) is 4.86. The molecule has 0 aromatic heterocycles. The molecule has 1 amide bonds. The number of nitrogens with one attached hydrogen (secondary N) is 1. The van der Waals surface area contributed by atoms with E-state index in [9.17, 15) is 4.79 Å². The number of fused-ring (bicyclic) bond motifs is 1. The van der Waals surface area contributed by atoms with Crippen molar-refractivity contribution < 1.29 is 9.53 Å². The van der Waals surface area contributed by atoms with Gasteiger partial charge in [-0.1, -0.05) is 52.3 Å². The number of hydrazone groups is 1. The van der Waals surface area contributed by atoms with Gasteiger partial charge in [0, 0.05) is 4.47 Å². The Balaban J connectivity index is 1.69. The molecule has 1 atom stereocenters. The average molecular weight is 411 g/mol. The van der Waals surface area contributed by atoms with E-state index >= 15 is 0 Å². The van der Waals surface area contributed by atoms with E-state index in [4.69, 9.17) is 4.74 Å². The van der Waals surface area contributed by atoms with Crippen molar-refractivity contribution >= 4 is 38.8 Å². The number of nitrogens with zero attached hydrogens (tertiary/aromatic N) is 1. The highest BCUT2D eigenvalue weighted by Crippen LogP contribution is 2.25. The smallest absolute Gasteiger partial charge is 0.247 e. The molecule has 1 N–H and O–H groups in total. The lowest BCUT2D eigenvalue weighted by atomic mass is 9.97. The summed E-state index contributed by atoms with van der Waals surface area (Å²) in [7, 11) is 1.65. The van der Waals surface area contributed by atoms with Crippen molar-refractivity contribution in [1.29, 1.82) is 0 Å². The van der Waals surface area contributed by atoms with Crippen molar-refractivity contribution in [3.8, 4) is 5.75 Å². The van der Waals surface area contributed by atoms with E-state index < -0.39 is 0 Å². The molecule has 3 aromatic rings. The molecule has 132 valence electrons. The summed E-state index contributed by atoms with van der Waals surface area (Å²) in [4.78, 5) is 12.4. The SMILES string of the molecule is COc1ccc2cc([C@H](C)C(=O)N/N=C/c3ccc(Br)cc3)ccc2c1. The lowest BCUT2D eigenvalue weighted by Crippen LogP contribution is -2.23. The highest BCUT2D eigenvalue weighted by atomic mass is 79.9. The molecule has 26 heavy (non-hydrogen) atoms. The first-order valence-electron chi connectivity index (χ1n) is 8.23. The molecule has 0 aliphatic heterocycles. The Morgan fingerprint density at radius 3 is 2.50 bits per heavy atom. The molecule has 0 unspecified atom stereocenters. The molecule has 4 nitrogen and oxygen atoms in total. The number of rotatable bonds is 5. The average Bonchev–Trinajstić information content (AvgIpc) is 2.68. The Hall–Kier alpha value is -2.66. The van der Waals surface area contributed by atoms with Gasteiger partial charge in [0.25, 0.3) is 0 Å². The Morgan fingerprint density at radius 1 is 1.08 bits per heavy atom. The minimum atomic E-state index is -0.302. The summed E-state index contributed by atoms with van der Waals surface area (Å²) in [6.45, 7) is 1.87. The molecule has 0 saturated carbocycles. The van der Waals surface area contributed by atoms with E-state index in [0.29, 0.717) is 0 Å². The third-order valence-electron chi connectivity index (χ3n) is 4.22. The molecule has 5 heteroatoms. The van der Waals surface area contributed by atoms with Crippen LogP contribution in [0.2, 0.25) is 0 Å². The molecule has 0 bridgehead atoms. The van der Waals surface area contributed by atoms with Crippen LogP contribution in [0.1, 0.15) is 24.0 Å². The Kier molecular flexibility index (Phi) is 5.68. The number of carbonyl (C=O) groups excluding carboxylic acids is 1. The quantitative estimate of drug-likeness (QED) is 0.481. The van der Waals surface area contributed by atoms with E-state index in [2.05, 4.69) is 26.5 Å². The summed E-state index contributed by atoms with van der Waals surface area (Å²) < 4.78 is 6.24. The molecule has 0 heterocycles. The first-order chi connectivity index (χ1) is 12.6. The van der Waals surface area contributed by atoms with Crippen LogP contribution >= 0.6 is 15.9 Å². The number of ether oxygens (including phenoxy) is 1. The zero-order chi connectivity index (χ0) is 18.5. The molecule has 0 spiro atoms. The van der Waals surface area contributed by atoms with Gasteiger partial charge in [0.1, 0.15) is 5.75 Å². The topological polar surface area (TPSA) is 50.7 Å². The van der Waals surface area contributed by atoms with Crippen molar-refractivity contribution in [2.24, 2.45) is 5.10 Å². The molecular formula is C21H19BrN2O2. The number of amides is 1. The Labute approximate surface area is 161 Å². The van der Waals surface area contributed by atoms with Gasteiger partial charge in [0.05, 0.1) is 19.2 Å². The van der Waals surface area contributed by atoms with E-state index in [0.717, 1.165) is 32.1 Å². The highest BCUT2D eigenvalue weighted by molar-refractivity contribution is 9.10. The number of halogens is 1. The second-order valence-corrected chi connectivity index (χ2v) is 6.90. The van der Waals surface area contributed by atoms with E-state index in [1.165, 1.54) is 0 Å². The highest BCUT2D eigenvalue weighted by Gasteiger charge is 2.15. The van der Waals surface area contributed by atoms with Crippen LogP contribution in [0.5, 0.6) is 5.75 Å². The number of methoxy groups -OCH3 is 1. The van der Waals surface area contributed by atoms with Gasteiger partial charge < -0.3 is 4.74 Å². The fraction of sp³-hybridized carbons (Fsp3) is 0.143. The van der Waals surface area contributed by atoms with E-state index in [-0.39, 0.29) is 11.8 Å². The molecule has 0 saturated heterocycles. The van der Waals surface area contributed by atoms with Gasteiger partial charge >= 0.3 is 0 Å². The van der Waals surface area contributed by atoms with Crippen molar-refractivity contribution in [2.45, 2.75) is 12.8 Å². The molecule has 0 aliphatic rings. The summed E-state index contributed by atoms with van der Waals surface area (Å²) >= 11 is 3.39. The van der Waals surface area contributed by atoms with E-state index in [1.54, 1.807) is 13.3 Å². The molecule has 3 aromatic carbocycles. The maximum Gasteiger partial charge on any atom is 0.247 e. The molecule has 0 radical (unpaired) electrons. The summed E-state index contributed by atoms with van der Waals surface area (Å²) in [5.74, 6) is 0.369. The van der Waals surface area contributed by atoms with Crippen LogP contribution in [-0.4, -0.2) is 19.2 Å². The Morgan fingerprint density at radius 2 is 1.77 bits per heavy atom. The number of carbonyl (C=O) groups is 1. The lowest BCUT2D eigenvalue weighted by Gasteiger charge is -2.11. The van der Waals surface area contributed by atoms with Gasteiger partial charge in [-0.15, -0.1) is 0 Å². The fourth-order valence-electron chi connectivity index (χ4n) is 2.61. The van der Waals surface area contributed by atoms with Crippen molar-refractivity contribution in [3.05, 3.63) is 76.3 Å². The van der Waals surface area contributed by atoms with Crippen molar-refractivity contribution in [3.63, 3.8) is 0 Å². The summed E-state index contributed by atoms with van der Waals surface area (Å²) in [6.07, 6.45) is 1.63. The first-order valence-corrected chi connectivity index (χ1v) is 9.02. The molecular weight excluding hydrogens is 392 g/mol. The van der Waals surface area contributed by atoms with Gasteiger partial charge in [0.2, 0.25) is 5.91 Å². The fourth-order valence-corrected chi connectivity index (χ4v) is 2.87.